The minimum absolute atomic E-state index is 0.0954. The van der Waals surface area contributed by atoms with Crippen molar-refractivity contribution in [2.45, 2.75) is 32.4 Å². The Balaban J connectivity index is 2.17. The van der Waals surface area contributed by atoms with Gasteiger partial charge in [0.05, 0.1) is 5.56 Å². The molecule has 0 aliphatic carbocycles. The highest BCUT2D eigenvalue weighted by molar-refractivity contribution is 6.35. The molecule has 1 atom stereocenters. The van der Waals surface area contributed by atoms with Gasteiger partial charge in [-0.25, -0.2) is 0 Å². The van der Waals surface area contributed by atoms with E-state index in [1.165, 1.54) is 38.1 Å². The zero-order valence-electron chi connectivity index (χ0n) is 19.7. The summed E-state index contributed by atoms with van der Waals surface area (Å²) in [5.41, 5.74) is 3.56. The number of amides is 3. The van der Waals surface area contributed by atoms with E-state index in [1.54, 1.807) is 12.1 Å². The molecule has 2 aromatic carbocycles. The van der Waals surface area contributed by atoms with Crippen molar-refractivity contribution in [3.05, 3.63) is 74.9 Å². The number of hydrogen-bond donors (Lipinski definition) is 1. The molecule has 1 unspecified atom stereocenters. The molecule has 36 heavy (non-hydrogen) atoms. The van der Waals surface area contributed by atoms with Crippen LogP contribution in [0.4, 0.5) is 18.9 Å². The van der Waals surface area contributed by atoms with Crippen molar-refractivity contribution in [3.8, 4) is 0 Å². The number of hydrogen-bond acceptors (Lipinski definition) is 3. The van der Waals surface area contributed by atoms with Gasteiger partial charge < -0.3 is 10.6 Å². The van der Waals surface area contributed by atoms with Crippen molar-refractivity contribution in [1.82, 2.24) is 4.90 Å². The van der Waals surface area contributed by atoms with Crippen molar-refractivity contribution in [3.63, 3.8) is 0 Å². The van der Waals surface area contributed by atoms with Gasteiger partial charge in [-0.1, -0.05) is 35.3 Å². The summed E-state index contributed by atoms with van der Waals surface area (Å²) >= 11 is 12.2. The molecule has 2 aromatic rings. The summed E-state index contributed by atoms with van der Waals surface area (Å²) in [6, 6.07) is 8.88. The second-order valence-corrected chi connectivity index (χ2v) is 9.65. The number of carbonyl (C=O) groups excluding carboxylic acids is 3. The molecule has 3 amide bonds. The fraction of sp³-hybridized carbons (Fsp3) is 0.320. The highest BCUT2D eigenvalue weighted by Gasteiger charge is 2.52. The third-order valence-electron chi connectivity index (χ3n) is 6.27. The maximum atomic E-state index is 13.9. The van der Waals surface area contributed by atoms with Gasteiger partial charge in [-0.3, -0.25) is 19.3 Å². The molecular weight excluding hydrogens is 518 g/mol. The number of likely N-dealkylation sites (N-methyl/N-ethyl adjacent to an activating group) is 1. The maximum Gasteiger partial charge on any atom is 0.416 e. The number of anilines is 1. The maximum absolute atomic E-state index is 13.9. The van der Waals surface area contributed by atoms with Crippen LogP contribution in [-0.4, -0.2) is 36.7 Å². The predicted octanol–water partition coefficient (Wildman–Crippen LogP) is 5.22. The molecule has 3 rings (SSSR count). The third kappa shape index (κ3) is 5.22. The molecule has 0 radical (unpaired) electrons. The first kappa shape index (κ1) is 27.5. The highest BCUT2D eigenvalue weighted by Crippen LogP contribution is 2.44. The number of nitrogens with zero attached hydrogens (tertiary/aromatic N) is 2. The monoisotopic (exact) mass is 541 g/mol. The van der Waals surface area contributed by atoms with Crippen molar-refractivity contribution in [1.29, 1.82) is 0 Å². The summed E-state index contributed by atoms with van der Waals surface area (Å²) < 4.78 is 40.3. The van der Waals surface area contributed by atoms with E-state index in [9.17, 15) is 27.6 Å². The van der Waals surface area contributed by atoms with Crippen LogP contribution in [0.25, 0.3) is 0 Å². The summed E-state index contributed by atoms with van der Waals surface area (Å²) in [4.78, 5) is 42.1. The summed E-state index contributed by atoms with van der Waals surface area (Å²) in [5, 5.41) is 0.715. The van der Waals surface area contributed by atoms with Crippen LogP contribution in [0, 0.1) is 5.41 Å². The lowest BCUT2D eigenvalue weighted by molar-refractivity contribution is -0.142. The fourth-order valence-corrected chi connectivity index (χ4v) is 4.73. The second kappa shape index (κ2) is 10.1. The molecule has 2 N–H and O–H groups in total. The van der Waals surface area contributed by atoms with Crippen molar-refractivity contribution >= 4 is 46.6 Å². The van der Waals surface area contributed by atoms with E-state index in [-0.39, 0.29) is 36.2 Å². The number of carbonyl (C=O) groups is 3. The molecule has 0 saturated carbocycles. The van der Waals surface area contributed by atoms with Crippen LogP contribution in [0.5, 0.6) is 0 Å². The molecular formula is C25H24Cl2F3N3O3. The van der Waals surface area contributed by atoms with Gasteiger partial charge >= 0.3 is 6.18 Å². The summed E-state index contributed by atoms with van der Waals surface area (Å²) in [5.74, 6) is -2.30. The lowest BCUT2D eigenvalue weighted by Crippen LogP contribution is -2.55. The van der Waals surface area contributed by atoms with Gasteiger partial charge in [0.25, 0.3) is 5.91 Å². The van der Waals surface area contributed by atoms with Crippen LogP contribution < -0.4 is 10.6 Å². The van der Waals surface area contributed by atoms with E-state index in [2.05, 4.69) is 0 Å². The third-order valence-corrected chi connectivity index (χ3v) is 6.85. The zero-order valence-corrected chi connectivity index (χ0v) is 21.3. The van der Waals surface area contributed by atoms with E-state index < -0.39 is 34.9 Å². The number of halogens is 5. The Hall–Kier alpha value is -3.04. The normalized spacial score (nSPS) is 18.4. The largest absolute Gasteiger partial charge is 0.416 e. The minimum atomic E-state index is -4.67. The SMILES string of the molecule is CC1=C(C(=O)N(C)C)CC(CCc2ccc(Cl)cc2Cl)(C(N)=O)C(=O)N1c1cccc(C(F)(F)F)c1. The van der Waals surface area contributed by atoms with Gasteiger partial charge in [0.1, 0.15) is 5.41 Å². The van der Waals surface area contributed by atoms with Gasteiger partial charge in [-0.05, 0) is 55.7 Å². The fourth-order valence-electron chi connectivity index (χ4n) is 4.22. The molecule has 1 heterocycles. The van der Waals surface area contributed by atoms with Gasteiger partial charge in [0.15, 0.2) is 0 Å². The highest BCUT2D eigenvalue weighted by atomic mass is 35.5. The topological polar surface area (TPSA) is 83.7 Å². The van der Waals surface area contributed by atoms with Gasteiger partial charge in [-0.15, -0.1) is 0 Å². The number of allylic oxidation sites excluding steroid dienone is 1. The number of aryl methyl sites for hydroxylation is 1. The lowest BCUT2D eigenvalue weighted by Gasteiger charge is -2.41. The standard InChI is InChI=1S/C25H24Cl2F3N3O3/c1-14-19(21(34)32(2)3)13-24(22(31)35,10-9-15-7-8-17(26)12-20(15)27)23(36)33(14)18-6-4-5-16(11-18)25(28,29)30/h4-8,11-12H,9-10,13H2,1-3H3,(H2,31,35). The Bertz CT molecular complexity index is 1260. The molecule has 0 aromatic heterocycles. The molecule has 6 nitrogen and oxygen atoms in total. The Morgan fingerprint density at radius 3 is 2.36 bits per heavy atom. The van der Waals surface area contributed by atoms with Crippen molar-refractivity contribution in [2.75, 3.05) is 19.0 Å². The van der Waals surface area contributed by atoms with Crippen LogP contribution in [0.2, 0.25) is 10.0 Å². The van der Waals surface area contributed by atoms with E-state index in [4.69, 9.17) is 28.9 Å². The molecule has 0 saturated heterocycles. The molecule has 192 valence electrons. The molecule has 1 aliphatic rings. The first-order valence-electron chi connectivity index (χ1n) is 10.9. The number of benzene rings is 2. The van der Waals surface area contributed by atoms with Crippen LogP contribution in [0.1, 0.15) is 30.9 Å². The Labute approximate surface area is 216 Å². The van der Waals surface area contributed by atoms with Crippen LogP contribution in [0.15, 0.2) is 53.7 Å². The van der Waals surface area contributed by atoms with E-state index >= 15 is 0 Å². The summed E-state index contributed by atoms with van der Waals surface area (Å²) in [6.07, 6.45) is -4.97. The number of rotatable bonds is 6. The van der Waals surface area contributed by atoms with E-state index in [0.717, 1.165) is 23.1 Å². The molecule has 11 heteroatoms. The lowest BCUT2D eigenvalue weighted by atomic mass is 9.71. The zero-order chi connectivity index (χ0) is 27.0. The average Bonchev–Trinajstić information content (AvgIpc) is 2.79. The second-order valence-electron chi connectivity index (χ2n) is 8.81. The average molecular weight is 542 g/mol. The van der Waals surface area contributed by atoms with Gasteiger partial charge in [0.2, 0.25) is 11.8 Å². The first-order valence-corrected chi connectivity index (χ1v) is 11.6. The van der Waals surface area contributed by atoms with Crippen LogP contribution in [-0.2, 0) is 27.0 Å². The van der Waals surface area contributed by atoms with Crippen molar-refractivity contribution in [2.24, 2.45) is 11.1 Å². The summed E-state index contributed by atoms with van der Waals surface area (Å²) in [6.45, 7) is 1.45. The quantitative estimate of drug-likeness (QED) is 0.509. The van der Waals surface area contributed by atoms with Crippen LogP contribution >= 0.6 is 23.2 Å². The molecule has 1 aliphatic heterocycles. The van der Waals surface area contributed by atoms with Crippen molar-refractivity contribution < 1.29 is 27.6 Å². The number of primary amides is 1. The Morgan fingerprint density at radius 2 is 1.81 bits per heavy atom. The van der Waals surface area contributed by atoms with Gasteiger partial charge in [0, 0.05) is 47.5 Å². The minimum Gasteiger partial charge on any atom is -0.369 e. The summed E-state index contributed by atoms with van der Waals surface area (Å²) in [7, 11) is 2.99. The molecule has 0 spiro atoms. The molecule has 0 bridgehead atoms. The smallest absolute Gasteiger partial charge is 0.369 e. The Morgan fingerprint density at radius 1 is 1.14 bits per heavy atom. The van der Waals surface area contributed by atoms with E-state index in [0.29, 0.717) is 15.6 Å². The van der Waals surface area contributed by atoms with Crippen LogP contribution in [0.3, 0.4) is 0 Å². The first-order chi connectivity index (χ1) is 16.7. The number of alkyl halides is 3. The van der Waals surface area contributed by atoms with Gasteiger partial charge in [-0.2, -0.15) is 13.2 Å². The number of nitrogens with two attached hydrogens (primary N) is 1. The Kier molecular flexibility index (Phi) is 7.76. The molecule has 0 fully saturated rings. The predicted molar refractivity (Wildman–Crippen MR) is 131 cm³/mol. The van der Waals surface area contributed by atoms with E-state index in [1.807, 2.05) is 0 Å².